The van der Waals surface area contributed by atoms with Crippen LogP contribution in [0.25, 0.3) is 0 Å². The molecule has 2 rings (SSSR count). The van der Waals surface area contributed by atoms with E-state index in [4.69, 9.17) is 9.47 Å². The molecule has 1 heterocycles. The number of hydrogen-bond donors (Lipinski definition) is 1. The van der Waals surface area contributed by atoms with Crippen LogP contribution in [-0.4, -0.2) is 23.9 Å². The summed E-state index contributed by atoms with van der Waals surface area (Å²) in [5.41, 5.74) is 0.735. The molecule has 1 atom stereocenters. The van der Waals surface area contributed by atoms with Crippen LogP contribution in [0, 0.1) is 0 Å². The van der Waals surface area contributed by atoms with Crippen LogP contribution < -0.4 is 14.8 Å². The summed E-state index contributed by atoms with van der Waals surface area (Å²) in [4.78, 5) is 11.9. The number of alkyl halides is 1. The summed E-state index contributed by atoms with van der Waals surface area (Å²) in [6, 6.07) is 5.46. The molecule has 0 aliphatic carbocycles. The lowest BCUT2D eigenvalue weighted by Gasteiger charge is -2.19. The molecule has 1 aromatic carbocycles. The normalized spacial score (nSPS) is 14.7. The standard InChI is InChI=1S/C15H20BrNO3/c1-2-3-4-5-12(16)15(18)17-11-6-7-13-14(10-11)20-9-8-19-13/h6-7,10,12H,2-5,8-9H2,1H3,(H,17,18)/t12-/m0/s1. The van der Waals surface area contributed by atoms with Crippen molar-refractivity contribution in [3.05, 3.63) is 18.2 Å². The third-order valence-corrected chi connectivity index (χ3v) is 4.03. The number of halogens is 1. The Labute approximate surface area is 128 Å². The molecule has 0 spiro atoms. The summed E-state index contributed by atoms with van der Waals surface area (Å²) in [6.07, 6.45) is 4.22. The number of hydrogen-bond acceptors (Lipinski definition) is 3. The van der Waals surface area contributed by atoms with Gasteiger partial charge in [-0.2, -0.15) is 0 Å². The quantitative estimate of drug-likeness (QED) is 0.633. The predicted molar refractivity (Wildman–Crippen MR) is 82.9 cm³/mol. The molecule has 1 aromatic rings. The number of carbonyl (C=O) groups is 1. The minimum absolute atomic E-state index is 0.0159. The highest BCUT2D eigenvalue weighted by molar-refractivity contribution is 9.10. The summed E-state index contributed by atoms with van der Waals surface area (Å²) in [5.74, 6) is 1.40. The minimum atomic E-state index is -0.151. The van der Waals surface area contributed by atoms with Crippen LogP contribution >= 0.6 is 15.9 Å². The molecule has 0 fully saturated rings. The minimum Gasteiger partial charge on any atom is -0.486 e. The number of unbranched alkanes of at least 4 members (excludes halogenated alkanes) is 2. The first-order valence-corrected chi connectivity index (χ1v) is 7.97. The first kappa shape index (κ1) is 15.2. The highest BCUT2D eigenvalue weighted by Gasteiger charge is 2.16. The van der Waals surface area contributed by atoms with Gasteiger partial charge in [-0.25, -0.2) is 0 Å². The van der Waals surface area contributed by atoms with Gasteiger partial charge in [0, 0.05) is 11.8 Å². The summed E-state index contributed by atoms with van der Waals surface area (Å²) >= 11 is 3.44. The van der Waals surface area contributed by atoms with Gasteiger partial charge in [0.05, 0.1) is 4.83 Å². The maximum absolute atomic E-state index is 12.0. The Hall–Kier alpha value is -1.23. The average Bonchev–Trinajstić information content (AvgIpc) is 2.47. The molecule has 0 bridgehead atoms. The second kappa shape index (κ2) is 7.53. The van der Waals surface area contributed by atoms with E-state index in [2.05, 4.69) is 28.2 Å². The van der Waals surface area contributed by atoms with Gasteiger partial charge in [0.1, 0.15) is 13.2 Å². The van der Waals surface area contributed by atoms with E-state index >= 15 is 0 Å². The summed E-state index contributed by atoms with van der Waals surface area (Å²) in [5, 5.41) is 2.90. The predicted octanol–water partition coefficient (Wildman–Crippen LogP) is 3.74. The fourth-order valence-electron chi connectivity index (χ4n) is 2.05. The van der Waals surface area contributed by atoms with E-state index < -0.39 is 0 Å². The molecule has 110 valence electrons. The van der Waals surface area contributed by atoms with Crippen LogP contribution in [0.3, 0.4) is 0 Å². The van der Waals surface area contributed by atoms with Gasteiger partial charge in [0.2, 0.25) is 5.91 Å². The SMILES string of the molecule is CCCCC[C@H](Br)C(=O)Nc1ccc2c(c1)OCCO2. The van der Waals surface area contributed by atoms with Crippen molar-refractivity contribution in [2.24, 2.45) is 0 Å². The van der Waals surface area contributed by atoms with Crippen molar-refractivity contribution in [3.8, 4) is 11.5 Å². The first-order valence-electron chi connectivity index (χ1n) is 7.05. The van der Waals surface area contributed by atoms with Gasteiger partial charge in [-0.15, -0.1) is 0 Å². The topological polar surface area (TPSA) is 47.6 Å². The first-order chi connectivity index (χ1) is 9.70. The Morgan fingerprint density at radius 1 is 1.30 bits per heavy atom. The number of anilines is 1. The molecular formula is C15H20BrNO3. The van der Waals surface area contributed by atoms with Crippen molar-refractivity contribution in [1.82, 2.24) is 0 Å². The molecule has 1 aliphatic heterocycles. The zero-order chi connectivity index (χ0) is 14.4. The van der Waals surface area contributed by atoms with Crippen molar-refractivity contribution in [1.29, 1.82) is 0 Å². The average molecular weight is 342 g/mol. The van der Waals surface area contributed by atoms with Crippen molar-refractivity contribution in [2.75, 3.05) is 18.5 Å². The molecule has 1 aliphatic rings. The zero-order valence-corrected chi connectivity index (χ0v) is 13.2. The Bertz CT molecular complexity index is 464. The van der Waals surface area contributed by atoms with Crippen LogP contribution in [0.4, 0.5) is 5.69 Å². The Kier molecular flexibility index (Phi) is 5.71. The third-order valence-electron chi connectivity index (χ3n) is 3.16. The lowest BCUT2D eigenvalue weighted by molar-refractivity contribution is -0.115. The number of amides is 1. The molecule has 0 aromatic heterocycles. The maximum Gasteiger partial charge on any atom is 0.238 e. The summed E-state index contributed by atoms with van der Waals surface area (Å²) in [6.45, 7) is 3.26. The molecule has 0 radical (unpaired) electrons. The van der Waals surface area contributed by atoms with Crippen molar-refractivity contribution in [3.63, 3.8) is 0 Å². The highest BCUT2D eigenvalue weighted by atomic mass is 79.9. The Morgan fingerprint density at radius 2 is 2.05 bits per heavy atom. The van der Waals surface area contributed by atoms with Gasteiger partial charge < -0.3 is 14.8 Å². The smallest absolute Gasteiger partial charge is 0.238 e. The fourth-order valence-corrected chi connectivity index (χ4v) is 2.48. The molecule has 0 saturated carbocycles. The van der Waals surface area contributed by atoms with Gasteiger partial charge in [0.25, 0.3) is 0 Å². The van der Waals surface area contributed by atoms with Crippen molar-refractivity contribution in [2.45, 2.75) is 37.4 Å². The number of rotatable bonds is 6. The number of carbonyl (C=O) groups excluding carboxylic acids is 1. The Morgan fingerprint density at radius 3 is 2.80 bits per heavy atom. The molecule has 1 N–H and O–H groups in total. The van der Waals surface area contributed by atoms with Crippen molar-refractivity contribution >= 4 is 27.5 Å². The van der Waals surface area contributed by atoms with Gasteiger partial charge >= 0.3 is 0 Å². The number of nitrogens with one attached hydrogen (secondary N) is 1. The fraction of sp³-hybridized carbons (Fsp3) is 0.533. The second-order valence-electron chi connectivity index (χ2n) is 4.81. The number of fused-ring (bicyclic) bond motifs is 1. The van der Waals surface area contributed by atoms with E-state index in [0.717, 1.165) is 37.1 Å². The van der Waals surface area contributed by atoms with E-state index in [1.807, 2.05) is 12.1 Å². The van der Waals surface area contributed by atoms with Crippen LogP contribution in [0.2, 0.25) is 0 Å². The largest absolute Gasteiger partial charge is 0.486 e. The zero-order valence-electron chi connectivity index (χ0n) is 11.7. The third kappa shape index (κ3) is 4.13. The van der Waals surface area contributed by atoms with E-state index in [0.29, 0.717) is 19.0 Å². The molecule has 0 unspecified atom stereocenters. The lowest BCUT2D eigenvalue weighted by Crippen LogP contribution is -2.23. The van der Waals surface area contributed by atoms with Crippen LogP contribution in [0.5, 0.6) is 11.5 Å². The molecule has 4 nitrogen and oxygen atoms in total. The van der Waals surface area contributed by atoms with E-state index in [9.17, 15) is 4.79 Å². The molecule has 20 heavy (non-hydrogen) atoms. The van der Waals surface area contributed by atoms with Crippen LogP contribution in [0.1, 0.15) is 32.6 Å². The molecule has 1 amide bonds. The monoisotopic (exact) mass is 341 g/mol. The van der Waals surface area contributed by atoms with Gasteiger partial charge in [-0.1, -0.05) is 42.1 Å². The molecule has 0 saturated heterocycles. The van der Waals surface area contributed by atoms with E-state index in [1.165, 1.54) is 0 Å². The summed E-state index contributed by atoms with van der Waals surface area (Å²) in [7, 11) is 0. The van der Waals surface area contributed by atoms with Crippen LogP contribution in [-0.2, 0) is 4.79 Å². The second-order valence-corrected chi connectivity index (χ2v) is 5.92. The van der Waals surface area contributed by atoms with E-state index in [-0.39, 0.29) is 10.7 Å². The maximum atomic E-state index is 12.0. The van der Waals surface area contributed by atoms with Gasteiger partial charge in [0.15, 0.2) is 11.5 Å². The Balaban J connectivity index is 1.90. The number of ether oxygens (including phenoxy) is 2. The lowest BCUT2D eigenvalue weighted by atomic mass is 10.1. The molecule has 5 heteroatoms. The highest BCUT2D eigenvalue weighted by Crippen LogP contribution is 2.32. The van der Waals surface area contributed by atoms with Gasteiger partial charge in [-0.3, -0.25) is 4.79 Å². The van der Waals surface area contributed by atoms with Crippen LogP contribution in [0.15, 0.2) is 18.2 Å². The van der Waals surface area contributed by atoms with Crippen molar-refractivity contribution < 1.29 is 14.3 Å². The summed E-state index contributed by atoms with van der Waals surface area (Å²) < 4.78 is 10.9. The number of benzene rings is 1. The molecular weight excluding hydrogens is 322 g/mol. The van der Waals surface area contributed by atoms with Gasteiger partial charge in [-0.05, 0) is 18.6 Å². The van der Waals surface area contributed by atoms with E-state index in [1.54, 1.807) is 6.07 Å².